The fraction of sp³-hybridized carbons (Fsp3) is 0.429. The zero-order valence-electron chi connectivity index (χ0n) is 11.6. The molecule has 6 heteroatoms. The second-order valence-electron chi connectivity index (χ2n) is 4.92. The number of urea groups is 1. The Morgan fingerprint density at radius 2 is 2.05 bits per heavy atom. The third-order valence-electron chi connectivity index (χ3n) is 2.71. The number of nitrogens with one attached hydrogen (secondary N) is 2. The normalized spacial score (nSPS) is 10.4. The van der Waals surface area contributed by atoms with Crippen LogP contribution in [0.15, 0.2) is 18.2 Å². The van der Waals surface area contributed by atoms with Crippen LogP contribution in [0.3, 0.4) is 0 Å². The summed E-state index contributed by atoms with van der Waals surface area (Å²) in [6, 6.07) is 3.82. The van der Waals surface area contributed by atoms with Crippen molar-refractivity contribution < 1.29 is 14.7 Å². The molecular weight excluding hydrogens is 280 g/mol. The number of amides is 2. The number of benzene rings is 1. The largest absolute Gasteiger partial charge is 0.478 e. The summed E-state index contributed by atoms with van der Waals surface area (Å²) < 4.78 is 0. The first-order valence-electron chi connectivity index (χ1n) is 6.48. The number of carboxylic acids is 1. The summed E-state index contributed by atoms with van der Waals surface area (Å²) in [6.45, 7) is 4.85. The van der Waals surface area contributed by atoms with E-state index in [2.05, 4.69) is 24.5 Å². The van der Waals surface area contributed by atoms with E-state index in [4.69, 9.17) is 16.7 Å². The van der Waals surface area contributed by atoms with Gasteiger partial charge in [0.15, 0.2) is 0 Å². The Hall–Kier alpha value is -1.75. The molecular formula is C14H19ClN2O3. The summed E-state index contributed by atoms with van der Waals surface area (Å²) in [4.78, 5) is 22.4. The van der Waals surface area contributed by atoms with Crippen molar-refractivity contribution in [2.24, 2.45) is 5.92 Å². The predicted octanol–water partition coefficient (Wildman–Crippen LogP) is 3.60. The third-order valence-corrected chi connectivity index (χ3v) is 3.02. The summed E-state index contributed by atoms with van der Waals surface area (Å²) in [5.74, 6) is -0.450. The quantitative estimate of drug-likeness (QED) is 0.702. The minimum Gasteiger partial charge on any atom is -0.478 e. The number of carboxylic acid groups (broad SMARTS) is 1. The van der Waals surface area contributed by atoms with Crippen LogP contribution in [-0.2, 0) is 0 Å². The molecule has 1 aromatic carbocycles. The number of hydrogen-bond acceptors (Lipinski definition) is 2. The Balaban J connectivity index is 2.48. The highest BCUT2D eigenvalue weighted by molar-refractivity contribution is 6.34. The van der Waals surface area contributed by atoms with E-state index in [1.54, 1.807) is 0 Å². The van der Waals surface area contributed by atoms with Gasteiger partial charge in [-0.05, 0) is 37.0 Å². The van der Waals surface area contributed by atoms with E-state index in [0.29, 0.717) is 18.2 Å². The van der Waals surface area contributed by atoms with Crippen LogP contribution in [0.2, 0.25) is 5.02 Å². The molecule has 1 aromatic rings. The molecule has 5 nitrogen and oxygen atoms in total. The molecule has 0 aliphatic heterocycles. The molecule has 20 heavy (non-hydrogen) atoms. The summed E-state index contributed by atoms with van der Waals surface area (Å²) >= 11 is 5.91. The molecule has 0 heterocycles. The summed E-state index contributed by atoms with van der Waals surface area (Å²) in [5, 5.41) is 14.3. The van der Waals surface area contributed by atoms with Crippen LogP contribution < -0.4 is 10.6 Å². The van der Waals surface area contributed by atoms with Gasteiger partial charge in [0.05, 0.1) is 16.3 Å². The van der Waals surface area contributed by atoms with Crippen LogP contribution in [0.1, 0.15) is 37.0 Å². The first kappa shape index (κ1) is 16.3. The fourth-order valence-electron chi connectivity index (χ4n) is 1.63. The van der Waals surface area contributed by atoms with Crippen LogP contribution in [0, 0.1) is 5.92 Å². The Labute approximate surface area is 123 Å². The lowest BCUT2D eigenvalue weighted by Gasteiger charge is -2.10. The van der Waals surface area contributed by atoms with Crippen molar-refractivity contribution in [1.29, 1.82) is 0 Å². The van der Waals surface area contributed by atoms with Crippen molar-refractivity contribution >= 4 is 29.3 Å². The molecule has 3 N–H and O–H groups in total. The topological polar surface area (TPSA) is 78.4 Å². The van der Waals surface area contributed by atoms with Crippen molar-refractivity contribution in [2.75, 3.05) is 11.9 Å². The molecule has 0 fully saturated rings. The highest BCUT2D eigenvalue weighted by Gasteiger charge is 2.09. The molecule has 0 unspecified atom stereocenters. The van der Waals surface area contributed by atoms with Crippen LogP contribution in [-0.4, -0.2) is 23.7 Å². The van der Waals surface area contributed by atoms with Gasteiger partial charge < -0.3 is 15.7 Å². The van der Waals surface area contributed by atoms with Gasteiger partial charge in [-0.15, -0.1) is 0 Å². The third kappa shape index (κ3) is 5.48. The maximum atomic E-state index is 11.6. The molecule has 0 aliphatic carbocycles. The van der Waals surface area contributed by atoms with Crippen molar-refractivity contribution in [3.8, 4) is 0 Å². The van der Waals surface area contributed by atoms with Gasteiger partial charge in [-0.2, -0.15) is 0 Å². The van der Waals surface area contributed by atoms with E-state index in [-0.39, 0.29) is 16.6 Å². The number of hydrogen-bond donors (Lipinski definition) is 3. The van der Waals surface area contributed by atoms with Crippen molar-refractivity contribution in [3.63, 3.8) is 0 Å². The number of carbonyl (C=O) groups is 2. The molecule has 0 spiro atoms. The lowest BCUT2D eigenvalue weighted by atomic mass is 10.1. The highest BCUT2D eigenvalue weighted by Crippen LogP contribution is 2.22. The number of anilines is 1. The molecule has 0 aliphatic rings. The fourth-order valence-corrected chi connectivity index (χ4v) is 1.86. The lowest BCUT2D eigenvalue weighted by molar-refractivity contribution is 0.0697. The van der Waals surface area contributed by atoms with E-state index < -0.39 is 5.97 Å². The molecule has 0 atom stereocenters. The van der Waals surface area contributed by atoms with Gasteiger partial charge in [-0.3, -0.25) is 0 Å². The predicted molar refractivity (Wildman–Crippen MR) is 79.5 cm³/mol. The van der Waals surface area contributed by atoms with E-state index in [9.17, 15) is 9.59 Å². The summed E-state index contributed by atoms with van der Waals surface area (Å²) in [6.07, 6.45) is 1.96. The molecule has 2 amide bonds. The standard InChI is InChI=1S/C14H19ClN2O3/c1-9(2)4-3-7-16-14(20)17-12-6-5-10(13(18)19)8-11(12)15/h5-6,8-9H,3-4,7H2,1-2H3,(H,18,19)(H2,16,17,20). The first-order valence-corrected chi connectivity index (χ1v) is 6.85. The summed E-state index contributed by atoms with van der Waals surface area (Å²) in [5.41, 5.74) is 0.468. The monoisotopic (exact) mass is 298 g/mol. The lowest BCUT2D eigenvalue weighted by Crippen LogP contribution is -2.29. The van der Waals surface area contributed by atoms with Gasteiger partial charge in [-0.25, -0.2) is 9.59 Å². The molecule has 1 rings (SSSR count). The highest BCUT2D eigenvalue weighted by atomic mass is 35.5. The Kier molecular flexibility index (Phi) is 6.31. The zero-order valence-corrected chi connectivity index (χ0v) is 12.3. The maximum Gasteiger partial charge on any atom is 0.335 e. The number of rotatable bonds is 6. The van der Waals surface area contributed by atoms with Gasteiger partial charge in [-0.1, -0.05) is 25.4 Å². The van der Waals surface area contributed by atoms with E-state index in [1.165, 1.54) is 18.2 Å². The second-order valence-corrected chi connectivity index (χ2v) is 5.32. The van der Waals surface area contributed by atoms with Crippen LogP contribution in [0.25, 0.3) is 0 Å². The molecule has 0 radical (unpaired) electrons. The smallest absolute Gasteiger partial charge is 0.335 e. The molecule has 110 valence electrons. The van der Waals surface area contributed by atoms with Crippen LogP contribution in [0.5, 0.6) is 0 Å². The minimum atomic E-state index is -1.06. The van der Waals surface area contributed by atoms with E-state index in [1.807, 2.05) is 0 Å². The number of aromatic carboxylic acids is 1. The van der Waals surface area contributed by atoms with Gasteiger partial charge in [0.1, 0.15) is 0 Å². The van der Waals surface area contributed by atoms with Crippen LogP contribution >= 0.6 is 11.6 Å². The minimum absolute atomic E-state index is 0.0814. The SMILES string of the molecule is CC(C)CCCNC(=O)Nc1ccc(C(=O)O)cc1Cl. The Bertz CT molecular complexity index is 489. The van der Waals surface area contributed by atoms with Gasteiger partial charge in [0, 0.05) is 6.54 Å². The second kappa shape index (κ2) is 7.75. The van der Waals surface area contributed by atoms with Crippen LogP contribution in [0.4, 0.5) is 10.5 Å². The average Bonchev–Trinajstić information content (AvgIpc) is 2.36. The Morgan fingerprint density at radius 3 is 2.60 bits per heavy atom. The van der Waals surface area contributed by atoms with Crippen molar-refractivity contribution in [3.05, 3.63) is 28.8 Å². The Morgan fingerprint density at radius 1 is 1.35 bits per heavy atom. The van der Waals surface area contributed by atoms with Gasteiger partial charge in [0.2, 0.25) is 0 Å². The number of halogens is 1. The summed E-state index contributed by atoms with van der Waals surface area (Å²) in [7, 11) is 0. The average molecular weight is 299 g/mol. The van der Waals surface area contributed by atoms with Gasteiger partial charge >= 0.3 is 12.0 Å². The maximum absolute atomic E-state index is 11.6. The van der Waals surface area contributed by atoms with Gasteiger partial charge in [0.25, 0.3) is 0 Å². The first-order chi connectivity index (χ1) is 9.40. The molecule has 0 saturated heterocycles. The molecule has 0 bridgehead atoms. The molecule has 0 saturated carbocycles. The van der Waals surface area contributed by atoms with Crippen molar-refractivity contribution in [1.82, 2.24) is 5.32 Å². The molecule has 0 aromatic heterocycles. The zero-order chi connectivity index (χ0) is 15.1. The number of carbonyl (C=O) groups excluding carboxylic acids is 1. The van der Waals surface area contributed by atoms with E-state index >= 15 is 0 Å². The van der Waals surface area contributed by atoms with Crippen molar-refractivity contribution in [2.45, 2.75) is 26.7 Å². The van der Waals surface area contributed by atoms with E-state index in [0.717, 1.165) is 12.8 Å².